The molecular formula is C12H10N2O4. The van der Waals surface area contributed by atoms with Crippen LogP contribution < -0.4 is 11.2 Å². The van der Waals surface area contributed by atoms with Crippen molar-refractivity contribution in [1.29, 1.82) is 0 Å². The average Bonchev–Trinajstić information content (AvgIpc) is 2.33. The fraction of sp³-hybridized carbons (Fsp3) is 0.0833. The van der Waals surface area contributed by atoms with Gasteiger partial charge in [0.25, 0.3) is 5.56 Å². The first-order valence-electron chi connectivity index (χ1n) is 5.19. The highest BCUT2D eigenvalue weighted by Gasteiger charge is 2.11. The van der Waals surface area contributed by atoms with Crippen molar-refractivity contribution in [3.05, 3.63) is 68.5 Å². The summed E-state index contributed by atoms with van der Waals surface area (Å²) in [6.45, 7) is 0.205. The first kappa shape index (κ1) is 11.8. The number of aromatic amines is 1. The molecule has 0 aliphatic rings. The third-order valence-electron chi connectivity index (χ3n) is 2.44. The predicted octanol–water partition coefficient (Wildman–Crippen LogP) is 0.283. The van der Waals surface area contributed by atoms with Crippen LogP contribution in [0.4, 0.5) is 0 Å². The fourth-order valence-electron chi connectivity index (χ4n) is 1.56. The highest BCUT2D eigenvalue weighted by atomic mass is 16.4. The second-order valence-corrected chi connectivity index (χ2v) is 3.72. The number of nitrogens with zero attached hydrogens (tertiary/aromatic N) is 1. The van der Waals surface area contributed by atoms with Crippen molar-refractivity contribution in [1.82, 2.24) is 9.55 Å². The second-order valence-electron chi connectivity index (χ2n) is 3.72. The molecule has 0 atom stereocenters. The van der Waals surface area contributed by atoms with Gasteiger partial charge in [-0.15, -0.1) is 0 Å². The molecular weight excluding hydrogens is 236 g/mol. The number of nitrogens with one attached hydrogen (secondary N) is 1. The zero-order valence-electron chi connectivity index (χ0n) is 9.29. The minimum Gasteiger partial charge on any atom is -0.477 e. The number of H-pyrrole nitrogens is 1. The Morgan fingerprint density at radius 2 is 1.89 bits per heavy atom. The highest BCUT2D eigenvalue weighted by molar-refractivity contribution is 5.86. The number of hydrogen-bond acceptors (Lipinski definition) is 3. The summed E-state index contributed by atoms with van der Waals surface area (Å²) in [6, 6.07) is 9.06. The molecule has 0 spiro atoms. The molecule has 2 rings (SSSR count). The Kier molecular flexibility index (Phi) is 3.09. The molecule has 0 radical (unpaired) electrons. The number of carboxylic acids is 1. The predicted molar refractivity (Wildman–Crippen MR) is 63.8 cm³/mol. The molecule has 6 nitrogen and oxygen atoms in total. The van der Waals surface area contributed by atoms with Gasteiger partial charge in [-0.05, 0) is 5.56 Å². The Balaban J connectivity index is 2.46. The molecule has 0 unspecified atom stereocenters. The summed E-state index contributed by atoms with van der Waals surface area (Å²) in [4.78, 5) is 35.6. The average molecular weight is 246 g/mol. The minimum atomic E-state index is -1.36. The van der Waals surface area contributed by atoms with Crippen molar-refractivity contribution in [2.45, 2.75) is 6.54 Å². The van der Waals surface area contributed by atoms with E-state index in [0.29, 0.717) is 0 Å². The minimum absolute atomic E-state index is 0.205. The van der Waals surface area contributed by atoms with Crippen LogP contribution in [-0.4, -0.2) is 20.6 Å². The Morgan fingerprint density at radius 3 is 2.50 bits per heavy atom. The van der Waals surface area contributed by atoms with Crippen LogP contribution >= 0.6 is 0 Å². The molecule has 1 heterocycles. The van der Waals surface area contributed by atoms with Crippen molar-refractivity contribution >= 4 is 5.97 Å². The Labute approximate surface area is 101 Å². The van der Waals surface area contributed by atoms with Crippen molar-refractivity contribution in [2.75, 3.05) is 0 Å². The van der Waals surface area contributed by atoms with E-state index in [2.05, 4.69) is 0 Å². The maximum absolute atomic E-state index is 11.5. The molecule has 2 N–H and O–H groups in total. The van der Waals surface area contributed by atoms with Gasteiger partial charge in [-0.25, -0.2) is 9.59 Å². The molecule has 6 heteroatoms. The summed E-state index contributed by atoms with van der Waals surface area (Å²) >= 11 is 0. The molecule has 92 valence electrons. The monoisotopic (exact) mass is 246 g/mol. The van der Waals surface area contributed by atoms with Crippen molar-refractivity contribution in [3.63, 3.8) is 0 Å². The fourth-order valence-corrected chi connectivity index (χ4v) is 1.56. The van der Waals surface area contributed by atoms with Crippen LogP contribution in [0.2, 0.25) is 0 Å². The molecule has 0 fully saturated rings. The van der Waals surface area contributed by atoms with Crippen LogP contribution in [0.25, 0.3) is 0 Å². The molecule has 0 aliphatic heterocycles. The van der Waals surface area contributed by atoms with Crippen LogP contribution in [-0.2, 0) is 6.54 Å². The second kappa shape index (κ2) is 4.70. The molecule has 2 aromatic rings. The third kappa shape index (κ3) is 2.37. The highest BCUT2D eigenvalue weighted by Crippen LogP contribution is 2.00. The summed E-state index contributed by atoms with van der Waals surface area (Å²) in [5.41, 5.74) is -1.14. The molecule has 0 saturated carbocycles. The zero-order valence-corrected chi connectivity index (χ0v) is 9.29. The van der Waals surface area contributed by atoms with Gasteiger partial charge in [0.2, 0.25) is 0 Å². The SMILES string of the molecule is O=C(O)c1cn(Cc2ccccc2)c(=O)[nH]c1=O. The summed E-state index contributed by atoms with van der Waals surface area (Å²) < 4.78 is 1.15. The number of rotatable bonds is 3. The molecule has 0 bridgehead atoms. The number of carboxylic acid groups (broad SMARTS) is 1. The number of carbonyl (C=O) groups is 1. The normalized spacial score (nSPS) is 10.2. The van der Waals surface area contributed by atoms with Crippen LogP contribution in [0.3, 0.4) is 0 Å². The quantitative estimate of drug-likeness (QED) is 0.813. The third-order valence-corrected chi connectivity index (χ3v) is 2.44. The van der Waals surface area contributed by atoms with Crippen molar-refractivity contribution in [3.8, 4) is 0 Å². The van der Waals surface area contributed by atoms with Crippen LogP contribution in [0, 0.1) is 0 Å². The number of aromatic nitrogens is 2. The Morgan fingerprint density at radius 1 is 1.22 bits per heavy atom. The van der Waals surface area contributed by atoms with Crippen molar-refractivity contribution in [2.24, 2.45) is 0 Å². The molecule has 0 saturated heterocycles. The van der Waals surface area contributed by atoms with E-state index in [1.54, 1.807) is 12.1 Å². The van der Waals surface area contributed by atoms with Gasteiger partial charge in [0.15, 0.2) is 0 Å². The lowest BCUT2D eigenvalue weighted by molar-refractivity contribution is 0.0693. The largest absolute Gasteiger partial charge is 0.477 e. The number of benzene rings is 1. The van der Waals surface area contributed by atoms with Gasteiger partial charge in [0.1, 0.15) is 5.56 Å². The van der Waals surface area contributed by atoms with Gasteiger partial charge in [-0.1, -0.05) is 30.3 Å². The lowest BCUT2D eigenvalue weighted by Crippen LogP contribution is -2.33. The van der Waals surface area contributed by atoms with E-state index in [1.807, 2.05) is 23.2 Å². The smallest absolute Gasteiger partial charge is 0.342 e. The maximum atomic E-state index is 11.5. The molecule has 1 aromatic heterocycles. The van der Waals surface area contributed by atoms with Gasteiger partial charge in [-0.2, -0.15) is 0 Å². The molecule has 0 amide bonds. The Hall–Kier alpha value is -2.63. The van der Waals surface area contributed by atoms with Gasteiger partial charge < -0.3 is 5.11 Å². The van der Waals surface area contributed by atoms with E-state index >= 15 is 0 Å². The molecule has 18 heavy (non-hydrogen) atoms. The summed E-state index contributed by atoms with van der Waals surface area (Å²) in [5, 5.41) is 8.81. The number of aromatic carboxylic acids is 1. The summed E-state index contributed by atoms with van der Waals surface area (Å²) in [5.74, 6) is -1.36. The first-order valence-corrected chi connectivity index (χ1v) is 5.19. The van der Waals surface area contributed by atoms with E-state index in [0.717, 1.165) is 16.3 Å². The van der Waals surface area contributed by atoms with Gasteiger partial charge in [0.05, 0.1) is 6.54 Å². The standard InChI is InChI=1S/C12H10N2O4/c15-10-9(11(16)17)7-14(12(18)13-10)6-8-4-2-1-3-5-8/h1-5,7H,6H2,(H,16,17)(H,13,15,18). The molecule has 0 aliphatic carbocycles. The lowest BCUT2D eigenvalue weighted by Gasteiger charge is -2.05. The molecule has 1 aromatic carbocycles. The van der Waals surface area contributed by atoms with Crippen molar-refractivity contribution < 1.29 is 9.90 Å². The zero-order chi connectivity index (χ0) is 13.1. The van der Waals surface area contributed by atoms with E-state index < -0.39 is 22.8 Å². The van der Waals surface area contributed by atoms with Gasteiger partial charge in [0, 0.05) is 6.20 Å². The Bertz CT molecular complexity index is 685. The van der Waals surface area contributed by atoms with E-state index in [-0.39, 0.29) is 6.54 Å². The van der Waals surface area contributed by atoms with Gasteiger partial charge in [-0.3, -0.25) is 14.3 Å². The van der Waals surface area contributed by atoms with Crippen LogP contribution in [0.15, 0.2) is 46.1 Å². The summed E-state index contributed by atoms with van der Waals surface area (Å²) in [7, 11) is 0. The maximum Gasteiger partial charge on any atom is 0.342 e. The lowest BCUT2D eigenvalue weighted by atomic mass is 10.2. The van der Waals surface area contributed by atoms with E-state index in [9.17, 15) is 14.4 Å². The van der Waals surface area contributed by atoms with Crippen LogP contribution in [0.1, 0.15) is 15.9 Å². The number of hydrogen-bond donors (Lipinski definition) is 2. The first-order chi connectivity index (χ1) is 8.58. The summed E-state index contributed by atoms with van der Waals surface area (Å²) in [6.07, 6.45) is 1.05. The topological polar surface area (TPSA) is 92.2 Å². The van der Waals surface area contributed by atoms with Crippen LogP contribution in [0.5, 0.6) is 0 Å². The van der Waals surface area contributed by atoms with E-state index in [1.165, 1.54) is 0 Å². The van der Waals surface area contributed by atoms with E-state index in [4.69, 9.17) is 5.11 Å². The van der Waals surface area contributed by atoms with Gasteiger partial charge >= 0.3 is 11.7 Å².